The van der Waals surface area contributed by atoms with Gasteiger partial charge in [-0.15, -0.1) is 0 Å². The van der Waals surface area contributed by atoms with Crippen molar-refractivity contribution >= 4 is 16.8 Å². The van der Waals surface area contributed by atoms with Crippen molar-refractivity contribution in [1.82, 2.24) is 15.2 Å². The van der Waals surface area contributed by atoms with Gasteiger partial charge in [-0.25, -0.2) is 0 Å². The van der Waals surface area contributed by atoms with Crippen molar-refractivity contribution in [3.8, 4) is 0 Å². The molecule has 2 heterocycles. The third-order valence-electron chi connectivity index (χ3n) is 4.33. The third kappa shape index (κ3) is 3.51. The quantitative estimate of drug-likeness (QED) is 0.937. The Morgan fingerprint density at radius 2 is 1.92 bits per heavy atom. The second-order valence-corrected chi connectivity index (χ2v) is 5.90. The number of amides is 1. The Hall–Kier alpha value is -2.15. The van der Waals surface area contributed by atoms with E-state index < -0.39 is 18.1 Å². The molecule has 2 aromatic rings. The van der Waals surface area contributed by atoms with Crippen molar-refractivity contribution in [3.63, 3.8) is 0 Å². The molecule has 24 heavy (non-hydrogen) atoms. The van der Waals surface area contributed by atoms with Gasteiger partial charge in [0.25, 0.3) is 0 Å². The normalized spacial score (nSPS) is 16.3. The second kappa shape index (κ2) is 6.76. The summed E-state index contributed by atoms with van der Waals surface area (Å²) in [5.41, 5.74) is 1.39. The highest BCUT2D eigenvalue weighted by molar-refractivity contribution is 5.84. The minimum atomic E-state index is -4.87. The maximum atomic E-state index is 13.1. The van der Waals surface area contributed by atoms with Gasteiger partial charge < -0.3 is 10.2 Å². The van der Waals surface area contributed by atoms with E-state index in [-0.39, 0.29) is 6.54 Å². The molecule has 0 radical (unpaired) electrons. The number of aromatic nitrogens is 1. The Labute approximate surface area is 137 Å². The third-order valence-corrected chi connectivity index (χ3v) is 4.33. The van der Waals surface area contributed by atoms with Crippen LogP contribution in [0.1, 0.15) is 18.4 Å². The van der Waals surface area contributed by atoms with E-state index in [1.807, 2.05) is 18.2 Å². The van der Waals surface area contributed by atoms with Crippen LogP contribution in [0.25, 0.3) is 10.9 Å². The van der Waals surface area contributed by atoms with Crippen molar-refractivity contribution in [2.45, 2.75) is 31.6 Å². The lowest BCUT2D eigenvalue weighted by atomic mass is 10.0. The minimum absolute atomic E-state index is 0.0634. The summed E-state index contributed by atoms with van der Waals surface area (Å²) in [7, 11) is 0. The molecule has 0 unspecified atom stereocenters. The van der Waals surface area contributed by atoms with Crippen LogP contribution >= 0.6 is 0 Å². The molecular weight excluding hydrogens is 319 g/mol. The van der Waals surface area contributed by atoms with Crippen LogP contribution < -0.4 is 5.32 Å². The van der Waals surface area contributed by atoms with Gasteiger partial charge in [0.1, 0.15) is 0 Å². The largest absolute Gasteiger partial charge is 0.471 e. The van der Waals surface area contributed by atoms with Gasteiger partial charge in [-0.05, 0) is 43.6 Å². The lowest BCUT2D eigenvalue weighted by Gasteiger charge is -2.35. The van der Waals surface area contributed by atoms with Gasteiger partial charge in [0.05, 0.1) is 5.52 Å². The molecule has 3 rings (SSSR count). The molecule has 1 N–H and O–H groups in total. The van der Waals surface area contributed by atoms with Gasteiger partial charge in [-0.1, -0.05) is 18.2 Å². The number of nitrogens with zero attached hydrogens (tertiary/aromatic N) is 2. The number of halogens is 3. The summed E-state index contributed by atoms with van der Waals surface area (Å²) >= 11 is 0. The fraction of sp³-hybridized carbons (Fsp3) is 0.412. The SMILES string of the molecule is O=C(N(Cc1ccnc2ccccc12)C1CCNCC1)C(F)(F)F. The van der Waals surface area contributed by atoms with Crippen LogP contribution in [0, 0.1) is 0 Å². The van der Waals surface area contributed by atoms with E-state index in [1.165, 1.54) is 0 Å². The fourth-order valence-corrected chi connectivity index (χ4v) is 3.12. The number of rotatable bonds is 3. The molecule has 1 fully saturated rings. The number of nitrogens with one attached hydrogen (secondary N) is 1. The topological polar surface area (TPSA) is 45.2 Å². The molecule has 0 saturated carbocycles. The maximum absolute atomic E-state index is 13.1. The Morgan fingerprint density at radius 3 is 2.62 bits per heavy atom. The van der Waals surface area contributed by atoms with Gasteiger partial charge in [0, 0.05) is 24.2 Å². The van der Waals surface area contributed by atoms with E-state index >= 15 is 0 Å². The summed E-state index contributed by atoms with van der Waals surface area (Å²) in [4.78, 5) is 17.2. The number of carbonyl (C=O) groups is 1. The van der Waals surface area contributed by atoms with Gasteiger partial charge in [0.2, 0.25) is 0 Å². The summed E-state index contributed by atoms with van der Waals surface area (Å²) < 4.78 is 39.2. The van der Waals surface area contributed by atoms with E-state index in [0.29, 0.717) is 37.0 Å². The number of para-hydroxylation sites is 1. The molecule has 1 aliphatic rings. The Morgan fingerprint density at radius 1 is 1.21 bits per heavy atom. The number of pyridine rings is 1. The van der Waals surface area contributed by atoms with E-state index in [2.05, 4.69) is 10.3 Å². The number of hydrogen-bond donors (Lipinski definition) is 1. The molecule has 1 saturated heterocycles. The first-order valence-corrected chi connectivity index (χ1v) is 7.88. The highest BCUT2D eigenvalue weighted by atomic mass is 19.4. The first-order chi connectivity index (χ1) is 11.5. The first kappa shape index (κ1) is 16.7. The zero-order chi connectivity index (χ0) is 17.2. The first-order valence-electron chi connectivity index (χ1n) is 7.88. The van der Waals surface area contributed by atoms with Gasteiger partial charge >= 0.3 is 12.1 Å². The van der Waals surface area contributed by atoms with Gasteiger partial charge in [0.15, 0.2) is 0 Å². The predicted molar refractivity (Wildman–Crippen MR) is 84.2 cm³/mol. The molecule has 128 valence electrons. The van der Waals surface area contributed by atoms with Gasteiger partial charge in [-0.2, -0.15) is 13.2 Å². The molecule has 1 aromatic carbocycles. The second-order valence-electron chi connectivity index (χ2n) is 5.90. The van der Waals surface area contributed by atoms with E-state index in [0.717, 1.165) is 10.3 Å². The van der Waals surface area contributed by atoms with Crippen LogP contribution in [0.2, 0.25) is 0 Å². The van der Waals surface area contributed by atoms with Crippen LogP contribution in [0.4, 0.5) is 13.2 Å². The van der Waals surface area contributed by atoms with Crippen molar-refractivity contribution in [2.75, 3.05) is 13.1 Å². The molecule has 0 bridgehead atoms. The van der Waals surface area contributed by atoms with Crippen LogP contribution in [-0.2, 0) is 11.3 Å². The lowest BCUT2D eigenvalue weighted by Crippen LogP contribution is -2.50. The van der Waals surface area contributed by atoms with Crippen molar-refractivity contribution in [1.29, 1.82) is 0 Å². The molecule has 0 atom stereocenters. The highest BCUT2D eigenvalue weighted by Gasteiger charge is 2.44. The molecule has 4 nitrogen and oxygen atoms in total. The summed E-state index contributed by atoms with van der Waals surface area (Å²) in [6.07, 6.45) is -2.26. The number of carbonyl (C=O) groups excluding carboxylic acids is 1. The summed E-state index contributed by atoms with van der Waals surface area (Å²) in [6, 6.07) is 8.53. The standard InChI is InChI=1S/C17H18F3N3O/c18-17(19,20)16(24)23(13-6-8-21-9-7-13)11-12-5-10-22-15-4-2-1-3-14(12)15/h1-5,10,13,21H,6-9,11H2. The van der Waals surface area contributed by atoms with Crippen LogP contribution in [0.15, 0.2) is 36.5 Å². The Kier molecular flexibility index (Phi) is 4.71. The molecule has 0 spiro atoms. The van der Waals surface area contributed by atoms with Crippen LogP contribution in [0.5, 0.6) is 0 Å². The number of fused-ring (bicyclic) bond motifs is 1. The van der Waals surface area contributed by atoms with Gasteiger partial charge in [-0.3, -0.25) is 9.78 Å². The Bertz CT molecular complexity index is 721. The van der Waals surface area contributed by atoms with Crippen LogP contribution in [-0.4, -0.2) is 41.1 Å². The number of benzene rings is 1. The fourth-order valence-electron chi connectivity index (χ4n) is 3.12. The minimum Gasteiger partial charge on any atom is -0.327 e. The number of piperidine rings is 1. The molecule has 0 aliphatic carbocycles. The Balaban J connectivity index is 1.94. The molecular formula is C17H18F3N3O. The summed E-state index contributed by atoms with van der Waals surface area (Å²) in [5.74, 6) is -1.77. The summed E-state index contributed by atoms with van der Waals surface area (Å²) in [5, 5.41) is 3.88. The van der Waals surface area contributed by atoms with Crippen molar-refractivity contribution < 1.29 is 18.0 Å². The predicted octanol–water partition coefficient (Wildman–Crippen LogP) is 2.88. The van der Waals surface area contributed by atoms with E-state index in [4.69, 9.17) is 0 Å². The van der Waals surface area contributed by atoms with Crippen molar-refractivity contribution in [3.05, 3.63) is 42.1 Å². The average Bonchev–Trinajstić information content (AvgIpc) is 2.59. The molecule has 7 heteroatoms. The zero-order valence-corrected chi connectivity index (χ0v) is 13.0. The smallest absolute Gasteiger partial charge is 0.327 e. The van der Waals surface area contributed by atoms with Crippen LogP contribution in [0.3, 0.4) is 0 Å². The molecule has 1 amide bonds. The monoisotopic (exact) mass is 337 g/mol. The number of hydrogen-bond acceptors (Lipinski definition) is 3. The molecule has 1 aliphatic heterocycles. The highest BCUT2D eigenvalue weighted by Crippen LogP contribution is 2.26. The zero-order valence-electron chi connectivity index (χ0n) is 13.0. The maximum Gasteiger partial charge on any atom is 0.471 e. The van der Waals surface area contributed by atoms with E-state index in [9.17, 15) is 18.0 Å². The molecule has 1 aromatic heterocycles. The summed E-state index contributed by atoms with van der Waals surface area (Å²) in [6.45, 7) is 1.17. The van der Waals surface area contributed by atoms with E-state index in [1.54, 1.807) is 18.3 Å². The lowest BCUT2D eigenvalue weighted by molar-refractivity contribution is -0.189. The average molecular weight is 337 g/mol. The number of alkyl halides is 3. The van der Waals surface area contributed by atoms with Crippen molar-refractivity contribution in [2.24, 2.45) is 0 Å².